The molecule has 0 atom stereocenters. The minimum Gasteiger partial charge on any atom is -0.338 e. The fourth-order valence-electron chi connectivity index (χ4n) is 1.84. The number of anilines is 1. The average molecular weight is 292 g/mol. The molecule has 2 aromatic heterocycles. The summed E-state index contributed by atoms with van der Waals surface area (Å²) in [5.74, 6) is 0. The molecule has 3 aromatic rings. The molecule has 2 N–H and O–H groups in total. The Bertz CT molecular complexity index is 762. The van der Waals surface area contributed by atoms with Crippen LogP contribution in [0.25, 0.3) is 20.4 Å². The molecule has 0 saturated heterocycles. The molecule has 5 nitrogen and oxygen atoms in total. The monoisotopic (exact) mass is 292 g/mol. The van der Waals surface area contributed by atoms with Gasteiger partial charge in [-0.1, -0.05) is 11.3 Å². The van der Waals surface area contributed by atoms with E-state index in [2.05, 4.69) is 20.6 Å². The van der Waals surface area contributed by atoms with E-state index in [1.54, 1.807) is 11.3 Å². The Kier molecular flexibility index (Phi) is 3.08. The van der Waals surface area contributed by atoms with Gasteiger partial charge in [-0.05, 0) is 26.0 Å². The second-order valence-electron chi connectivity index (χ2n) is 4.00. The summed E-state index contributed by atoms with van der Waals surface area (Å²) in [5.41, 5.74) is 1.89. The van der Waals surface area contributed by atoms with Crippen molar-refractivity contribution < 1.29 is 4.79 Å². The maximum absolute atomic E-state index is 11.5. The second-order valence-corrected chi connectivity index (χ2v) is 6.20. The summed E-state index contributed by atoms with van der Waals surface area (Å²) in [6, 6.07) is 3.69. The van der Waals surface area contributed by atoms with E-state index in [0.29, 0.717) is 11.7 Å². The molecule has 0 aliphatic heterocycles. The molecule has 0 aliphatic rings. The van der Waals surface area contributed by atoms with E-state index in [1.165, 1.54) is 11.3 Å². The number of benzene rings is 1. The molecule has 2 heterocycles. The fourth-order valence-corrected chi connectivity index (χ4v) is 3.84. The minimum absolute atomic E-state index is 0.224. The predicted octanol–water partition coefficient (Wildman–Crippen LogP) is 3.36. The minimum atomic E-state index is -0.224. The Morgan fingerprint density at radius 2 is 1.89 bits per heavy atom. The lowest BCUT2D eigenvalue weighted by atomic mass is 10.3. The summed E-state index contributed by atoms with van der Waals surface area (Å²) in [6.45, 7) is 4.46. The first-order chi connectivity index (χ1) is 9.17. The lowest BCUT2D eigenvalue weighted by molar-refractivity contribution is 0.252. The molecular weight excluding hydrogens is 280 g/mol. The van der Waals surface area contributed by atoms with Crippen LogP contribution in [0.5, 0.6) is 0 Å². The van der Waals surface area contributed by atoms with E-state index in [1.807, 2.05) is 26.0 Å². The summed E-state index contributed by atoms with van der Waals surface area (Å²) in [6.07, 6.45) is 0. The van der Waals surface area contributed by atoms with E-state index in [-0.39, 0.29) is 6.03 Å². The zero-order valence-corrected chi connectivity index (χ0v) is 12.1. The maximum Gasteiger partial charge on any atom is 0.321 e. The first-order valence-corrected chi connectivity index (χ1v) is 7.52. The number of rotatable bonds is 2. The zero-order valence-electron chi connectivity index (χ0n) is 10.5. The van der Waals surface area contributed by atoms with Crippen molar-refractivity contribution in [3.8, 4) is 0 Å². The van der Waals surface area contributed by atoms with Crippen LogP contribution in [0.2, 0.25) is 0 Å². The van der Waals surface area contributed by atoms with E-state index in [0.717, 1.165) is 25.4 Å². The quantitative estimate of drug-likeness (QED) is 0.761. The van der Waals surface area contributed by atoms with Crippen LogP contribution in [0, 0.1) is 6.92 Å². The first-order valence-electron chi connectivity index (χ1n) is 5.89. The molecule has 0 radical (unpaired) electrons. The Morgan fingerprint density at radius 3 is 2.63 bits per heavy atom. The van der Waals surface area contributed by atoms with Crippen molar-refractivity contribution in [1.82, 2.24) is 15.3 Å². The number of carbonyl (C=O) groups is 1. The topological polar surface area (TPSA) is 66.9 Å². The van der Waals surface area contributed by atoms with E-state index in [4.69, 9.17) is 0 Å². The van der Waals surface area contributed by atoms with Crippen LogP contribution in [0.15, 0.2) is 12.1 Å². The molecule has 0 saturated carbocycles. The fraction of sp³-hybridized carbons (Fsp3) is 0.250. The molecule has 0 unspecified atom stereocenters. The number of hydrogen-bond donors (Lipinski definition) is 2. The van der Waals surface area contributed by atoms with Gasteiger partial charge in [-0.25, -0.2) is 14.8 Å². The zero-order chi connectivity index (χ0) is 13.4. The van der Waals surface area contributed by atoms with Crippen molar-refractivity contribution >= 4 is 54.3 Å². The van der Waals surface area contributed by atoms with Crippen LogP contribution in [-0.4, -0.2) is 22.5 Å². The van der Waals surface area contributed by atoms with Crippen LogP contribution in [0.1, 0.15) is 11.9 Å². The number of fused-ring (bicyclic) bond motifs is 3. The number of amides is 2. The van der Waals surface area contributed by atoms with Gasteiger partial charge in [-0.3, -0.25) is 5.32 Å². The third kappa shape index (κ3) is 2.26. The first kappa shape index (κ1) is 12.3. The highest BCUT2D eigenvalue weighted by Crippen LogP contribution is 2.35. The predicted molar refractivity (Wildman–Crippen MR) is 80.2 cm³/mol. The van der Waals surface area contributed by atoms with Crippen LogP contribution < -0.4 is 10.6 Å². The smallest absolute Gasteiger partial charge is 0.321 e. The number of nitrogens with zero attached hydrogens (tertiary/aromatic N) is 2. The number of hydrogen-bond acceptors (Lipinski definition) is 5. The van der Waals surface area contributed by atoms with Gasteiger partial charge in [0, 0.05) is 6.54 Å². The standard InChI is InChI=1S/C12H12N4OS2/c1-3-13-11(17)16-12-15-8-5-4-7-9(10(8)19-12)18-6(2)14-7/h4-5H,3H2,1-2H3,(H2,13,15,16,17). The SMILES string of the molecule is CCNC(=O)Nc1nc2ccc3nc(C)sc3c2s1. The third-order valence-electron chi connectivity index (χ3n) is 2.58. The van der Waals surface area contributed by atoms with Gasteiger partial charge >= 0.3 is 6.03 Å². The number of nitrogens with one attached hydrogen (secondary N) is 2. The van der Waals surface area contributed by atoms with Crippen molar-refractivity contribution in [1.29, 1.82) is 0 Å². The molecule has 0 aliphatic carbocycles. The second kappa shape index (κ2) is 4.75. The number of carbonyl (C=O) groups excluding carboxylic acids is 1. The normalized spacial score (nSPS) is 11.1. The molecule has 1 aromatic carbocycles. The van der Waals surface area contributed by atoms with Gasteiger partial charge in [-0.2, -0.15) is 0 Å². The highest BCUT2D eigenvalue weighted by atomic mass is 32.1. The summed E-state index contributed by atoms with van der Waals surface area (Å²) < 4.78 is 2.21. The molecule has 7 heteroatoms. The molecule has 3 rings (SSSR count). The van der Waals surface area contributed by atoms with Crippen molar-refractivity contribution in [3.63, 3.8) is 0 Å². The average Bonchev–Trinajstić information content (AvgIpc) is 2.90. The Hall–Kier alpha value is -1.73. The van der Waals surface area contributed by atoms with Crippen molar-refractivity contribution in [3.05, 3.63) is 17.1 Å². The van der Waals surface area contributed by atoms with Crippen molar-refractivity contribution in [2.75, 3.05) is 11.9 Å². The lowest BCUT2D eigenvalue weighted by Crippen LogP contribution is -2.28. The highest BCUT2D eigenvalue weighted by Gasteiger charge is 2.11. The molecule has 2 amide bonds. The molecule has 19 heavy (non-hydrogen) atoms. The van der Waals surface area contributed by atoms with Crippen LogP contribution in [0.4, 0.5) is 9.93 Å². The molecular formula is C12H12N4OS2. The van der Waals surface area contributed by atoms with Crippen molar-refractivity contribution in [2.24, 2.45) is 0 Å². The van der Waals surface area contributed by atoms with E-state index in [9.17, 15) is 4.79 Å². The Labute approximate surface area is 117 Å². The summed E-state index contributed by atoms with van der Waals surface area (Å²) in [7, 11) is 0. The third-order valence-corrected chi connectivity index (χ3v) is 4.71. The number of urea groups is 1. The Morgan fingerprint density at radius 1 is 1.21 bits per heavy atom. The van der Waals surface area contributed by atoms with Crippen LogP contribution in [-0.2, 0) is 0 Å². The number of aryl methyl sites for hydroxylation is 1. The van der Waals surface area contributed by atoms with Gasteiger partial charge < -0.3 is 5.32 Å². The van der Waals surface area contributed by atoms with E-state index >= 15 is 0 Å². The molecule has 98 valence electrons. The molecule has 0 bridgehead atoms. The highest BCUT2D eigenvalue weighted by molar-refractivity contribution is 7.28. The molecule has 0 fully saturated rings. The lowest BCUT2D eigenvalue weighted by Gasteiger charge is -2.00. The van der Waals surface area contributed by atoms with Gasteiger partial charge in [0.25, 0.3) is 0 Å². The maximum atomic E-state index is 11.5. The van der Waals surface area contributed by atoms with Crippen LogP contribution >= 0.6 is 22.7 Å². The van der Waals surface area contributed by atoms with Gasteiger partial charge in [0.05, 0.1) is 25.4 Å². The Balaban J connectivity index is 2.04. The van der Waals surface area contributed by atoms with E-state index < -0.39 is 0 Å². The van der Waals surface area contributed by atoms with Crippen molar-refractivity contribution in [2.45, 2.75) is 13.8 Å². The van der Waals surface area contributed by atoms with Crippen LogP contribution in [0.3, 0.4) is 0 Å². The summed E-state index contributed by atoms with van der Waals surface area (Å²) in [4.78, 5) is 20.4. The summed E-state index contributed by atoms with van der Waals surface area (Å²) >= 11 is 3.14. The van der Waals surface area contributed by atoms with Gasteiger partial charge in [-0.15, -0.1) is 11.3 Å². The molecule has 0 spiro atoms. The van der Waals surface area contributed by atoms with Gasteiger partial charge in [0.15, 0.2) is 5.13 Å². The summed E-state index contributed by atoms with van der Waals surface area (Å²) in [5, 5.41) is 7.08. The number of aromatic nitrogens is 2. The number of thiazole rings is 2. The van der Waals surface area contributed by atoms with Gasteiger partial charge in [0.1, 0.15) is 0 Å². The largest absolute Gasteiger partial charge is 0.338 e. The van der Waals surface area contributed by atoms with Gasteiger partial charge in [0.2, 0.25) is 0 Å².